The summed E-state index contributed by atoms with van der Waals surface area (Å²) in [5.41, 5.74) is 4.34. The Balaban J connectivity index is 2.88. The molecule has 0 unspecified atom stereocenters. The number of benzene rings is 1. The molecule has 0 radical (unpaired) electrons. The van der Waals surface area contributed by atoms with Crippen LogP contribution in [0.1, 0.15) is 61.3 Å². The number of carboxylic acids is 1. The van der Waals surface area contributed by atoms with Crippen LogP contribution in [-0.2, 0) is 18.4 Å². The first kappa shape index (κ1) is 17.5. The third kappa shape index (κ3) is 3.13. The van der Waals surface area contributed by atoms with Gasteiger partial charge in [0.1, 0.15) is 0 Å². The summed E-state index contributed by atoms with van der Waals surface area (Å²) in [6.07, 6.45) is 1.45. The molecule has 0 aliphatic heterocycles. The van der Waals surface area contributed by atoms with Crippen molar-refractivity contribution in [2.45, 2.75) is 59.4 Å². The summed E-state index contributed by atoms with van der Waals surface area (Å²) in [5.74, 6) is -0.887. The monoisotopic (exact) mass is 317 g/mol. The van der Waals surface area contributed by atoms with Gasteiger partial charge in [0.15, 0.2) is 0 Å². The third-order valence-electron chi connectivity index (χ3n) is 4.54. The highest BCUT2D eigenvalue weighted by Crippen LogP contribution is 2.34. The van der Waals surface area contributed by atoms with E-state index in [1.54, 1.807) is 0 Å². The van der Waals surface area contributed by atoms with Gasteiger partial charge in [-0.25, -0.2) is 4.79 Å². The average molecular weight is 317 g/mol. The lowest BCUT2D eigenvalue weighted by molar-refractivity contribution is 0.0698. The standard InChI is InChI=1S/C19H27NO3/c1-6-20-12(2)14(8-7-9-21)15-10-13(19(3,4)5)11-16(17(15)20)18(22)23/h10-11,21H,6-9H2,1-5H3,(H,22,23). The van der Waals surface area contributed by atoms with Crippen LogP contribution >= 0.6 is 0 Å². The average Bonchev–Trinajstić information content (AvgIpc) is 2.74. The molecule has 0 saturated heterocycles. The van der Waals surface area contributed by atoms with Crippen LogP contribution in [0.3, 0.4) is 0 Å². The molecular formula is C19H27NO3. The lowest BCUT2D eigenvalue weighted by Crippen LogP contribution is -2.13. The number of carbonyl (C=O) groups is 1. The molecule has 2 N–H and O–H groups in total. The first-order chi connectivity index (χ1) is 10.7. The van der Waals surface area contributed by atoms with Crippen LogP contribution in [-0.4, -0.2) is 27.4 Å². The molecule has 126 valence electrons. The molecule has 4 nitrogen and oxygen atoms in total. The molecule has 2 rings (SSSR count). The quantitative estimate of drug-likeness (QED) is 0.879. The molecule has 1 heterocycles. The minimum Gasteiger partial charge on any atom is -0.478 e. The normalized spacial score (nSPS) is 12.1. The fourth-order valence-electron chi connectivity index (χ4n) is 3.24. The van der Waals surface area contributed by atoms with Crippen molar-refractivity contribution in [3.05, 3.63) is 34.5 Å². The van der Waals surface area contributed by atoms with Gasteiger partial charge < -0.3 is 14.8 Å². The Morgan fingerprint density at radius 3 is 2.39 bits per heavy atom. The van der Waals surface area contributed by atoms with Gasteiger partial charge in [-0.15, -0.1) is 0 Å². The van der Waals surface area contributed by atoms with E-state index >= 15 is 0 Å². The molecule has 0 spiro atoms. The second-order valence-electron chi connectivity index (χ2n) is 7.11. The van der Waals surface area contributed by atoms with E-state index in [9.17, 15) is 15.0 Å². The van der Waals surface area contributed by atoms with Crippen LogP contribution in [0.5, 0.6) is 0 Å². The lowest BCUT2D eigenvalue weighted by Gasteiger charge is -2.20. The summed E-state index contributed by atoms with van der Waals surface area (Å²) in [4.78, 5) is 11.8. The van der Waals surface area contributed by atoms with E-state index in [1.807, 2.05) is 19.9 Å². The van der Waals surface area contributed by atoms with E-state index in [4.69, 9.17) is 0 Å². The van der Waals surface area contributed by atoms with Crippen molar-refractivity contribution < 1.29 is 15.0 Å². The number of aromatic nitrogens is 1. The van der Waals surface area contributed by atoms with E-state index in [2.05, 4.69) is 31.4 Å². The van der Waals surface area contributed by atoms with Crippen molar-refractivity contribution in [3.63, 3.8) is 0 Å². The number of fused-ring (bicyclic) bond motifs is 1. The Morgan fingerprint density at radius 1 is 1.26 bits per heavy atom. The molecular weight excluding hydrogens is 290 g/mol. The Bertz CT molecular complexity index is 735. The molecule has 23 heavy (non-hydrogen) atoms. The SMILES string of the molecule is CCn1c(C)c(CCCO)c2cc(C(C)(C)C)cc(C(=O)O)c21. The lowest BCUT2D eigenvalue weighted by atomic mass is 9.84. The zero-order valence-corrected chi connectivity index (χ0v) is 14.7. The van der Waals surface area contributed by atoms with Gasteiger partial charge >= 0.3 is 5.97 Å². The predicted octanol–water partition coefficient (Wildman–Crippen LogP) is 3.89. The van der Waals surface area contributed by atoms with Crippen molar-refractivity contribution in [3.8, 4) is 0 Å². The number of aliphatic hydroxyl groups is 1. The zero-order valence-electron chi connectivity index (χ0n) is 14.7. The van der Waals surface area contributed by atoms with Crippen molar-refractivity contribution in [1.29, 1.82) is 0 Å². The summed E-state index contributed by atoms with van der Waals surface area (Å²) in [5, 5.41) is 19.9. The first-order valence-electron chi connectivity index (χ1n) is 8.22. The molecule has 1 aromatic carbocycles. The highest BCUT2D eigenvalue weighted by atomic mass is 16.4. The molecule has 0 atom stereocenters. The maximum atomic E-state index is 11.8. The summed E-state index contributed by atoms with van der Waals surface area (Å²) in [6.45, 7) is 11.2. The number of aliphatic hydroxyl groups excluding tert-OH is 1. The van der Waals surface area contributed by atoms with E-state index in [0.29, 0.717) is 12.0 Å². The Hall–Kier alpha value is -1.81. The molecule has 0 bridgehead atoms. The number of rotatable bonds is 5. The van der Waals surface area contributed by atoms with E-state index in [-0.39, 0.29) is 12.0 Å². The minimum atomic E-state index is -0.887. The van der Waals surface area contributed by atoms with E-state index in [0.717, 1.165) is 40.7 Å². The van der Waals surface area contributed by atoms with Crippen molar-refractivity contribution >= 4 is 16.9 Å². The van der Waals surface area contributed by atoms with Crippen molar-refractivity contribution in [2.24, 2.45) is 0 Å². The second-order valence-corrected chi connectivity index (χ2v) is 7.11. The number of nitrogens with zero attached hydrogens (tertiary/aromatic N) is 1. The molecule has 0 amide bonds. The fourth-order valence-corrected chi connectivity index (χ4v) is 3.24. The van der Waals surface area contributed by atoms with E-state index < -0.39 is 5.97 Å². The van der Waals surface area contributed by atoms with Gasteiger partial charge in [-0.1, -0.05) is 20.8 Å². The Kier molecular flexibility index (Phi) is 4.85. The molecule has 0 aliphatic carbocycles. The predicted molar refractivity (Wildman–Crippen MR) is 93.4 cm³/mol. The van der Waals surface area contributed by atoms with Gasteiger partial charge in [0.05, 0.1) is 11.1 Å². The van der Waals surface area contributed by atoms with Crippen LogP contribution in [0.25, 0.3) is 10.9 Å². The maximum absolute atomic E-state index is 11.8. The smallest absolute Gasteiger partial charge is 0.337 e. The van der Waals surface area contributed by atoms with Crippen LogP contribution in [0.4, 0.5) is 0 Å². The Labute approximate surface area is 137 Å². The molecule has 2 aromatic rings. The first-order valence-corrected chi connectivity index (χ1v) is 8.22. The highest BCUT2D eigenvalue weighted by molar-refractivity contribution is 6.04. The molecule has 0 aliphatic rings. The van der Waals surface area contributed by atoms with Gasteiger partial charge in [0.2, 0.25) is 0 Å². The van der Waals surface area contributed by atoms with Crippen molar-refractivity contribution in [1.82, 2.24) is 4.57 Å². The molecule has 0 fully saturated rings. The van der Waals surface area contributed by atoms with Gasteiger partial charge in [-0.05, 0) is 55.4 Å². The van der Waals surface area contributed by atoms with Crippen LogP contribution in [0.15, 0.2) is 12.1 Å². The summed E-state index contributed by atoms with van der Waals surface area (Å²) in [7, 11) is 0. The largest absolute Gasteiger partial charge is 0.478 e. The maximum Gasteiger partial charge on any atom is 0.337 e. The van der Waals surface area contributed by atoms with E-state index in [1.165, 1.54) is 0 Å². The zero-order chi connectivity index (χ0) is 17.4. The van der Waals surface area contributed by atoms with Crippen molar-refractivity contribution in [2.75, 3.05) is 6.61 Å². The summed E-state index contributed by atoms with van der Waals surface area (Å²) >= 11 is 0. The van der Waals surface area contributed by atoms with Gasteiger partial charge in [0.25, 0.3) is 0 Å². The van der Waals surface area contributed by atoms with Crippen LogP contribution in [0.2, 0.25) is 0 Å². The van der Waals surface area contributed by atoms with Gasteiger partial charge in [-0.3, -0.25) is 0 Å². The van der Waals surface area contributed by atoms with Gasteiger partial charge in [0, 0.05) is 24.2 Å². The number of hydrogen-bond donors (Lipinski definition) is 2. The molecule has 0 saturated carbocycles. The number of aryl methyl sites for hydroxylation is 2. The molecule has 1 aromatic heterocycles. The molecule has 4 heteroatoms. The second kappa shape index (κ2) is 6.36. The van der Waals surface area contributed by atoms with Crippen LogP contribution < -0.4 is 0 Å². The summed E-state index contributed by atoms with van der Waals surface area (Å²) < 4.78 is 2.08. The Morgan fingerprint density at radius 2 is 1.91 bits per heavy atom. The number of aromatic carboxylic acids is 1. The number of carboxylic acid groups (broad SMARTS) is 1. The highest BCUT2D eigenvalue weighted by Gasteiger charge is 2.23. The van der Waals surface area contributed by atoms with Crippen LogP contribution in [0, 0.1) is 6.92 Å². The fraction of sp³-hybridized carbons (Fsp3) is 0.526. The van der Waals surface area contributed by atoms with Gasteiger partial charge in [-0.2, -0.15) is 0 Å². The number of hydrogen-bond acceptors (Lipinski definition) is 2. The third-order valence-corrected chi connectivity index (χ3v) is 4.54. The minimum absolute atomic E-state index is 0.116. The summed E-state index contributed by atoms with van der Waals surface area (Å²) in [6, 6.07) is 3.94. The topological polar surface area (TPSA) is 62.5 Å².